The first-order valence-electron chi connectivity index (χ1n) is 19.4. The van der Waals surface area contributed by atoms with Crippen molar-refractivity contribution in [3.63, 3.8) is 0 Å². The average Bonchev–Trinajstić information content (AvgIpc) is 3.84. The predicted molar refractivity (Wildman–Crippen MR) is 243 cm³/mol. The number of fused-ring (bicyclic) bond motifs is 12. The minimum atomic E-state index is 0.106. The van der Waals surface area contributed by atoms with Gasteiger partial charge in [-0.15, -0.1) is 0 Å². The Bertz CT molecular complexity index is 3360. The van der Waals surface area contributed by atoms with Crippen molar-refractivity contribution >= 4 is 71.6 Å². The molecule has 0 aliphatic carbocycles. The molecule has 0 atom stereocenters. The predicted octanol–water partition coefficient (Wildman–Crippen LogP) is 12.3. The zero-order valence-electron chi connectivity index (χ0n) is 31.8. The van der Waals surface area contributed by atoms with E-state index in [0.717, 1.165) is 55.2 Å². The molecule has 11 aromatic rings. The van der Waals surface area contributed by atoms with Gasteiger partial charge in [-0.05, 0) is 66.9 Å². The van der Waals surface area contributed by atoms with Gasteiger partial charge in [0.1, 0.15) is 5.84 Å². The number of aromatic nitrogens is 3. The Kier molecular flexibility index (Phi) is 8.57. The van der Waals surface area contributed by atoms with E-state index in [2.05, 4.69) is 129 Å². The van der Waals surface area contributed by atoms with Crippen LogP contribution in [0.4, 0.5) is 0 Å². The van der Waals surface area contributed by atoms with Gasteiger partial charge in [0, 0.05) is 55.5 Å². The molecule has 0 aliphatic heterocycles. The van der Waals surface area contributed by atoms with E-state index >= 15 is 0 Å². The summed E-state index contributed by atoms with van der Waals surface area (Å²) in [6, 6.07) is 64.7. The third-order valence-electron chi connectivity index (χ3n) is 10.9. The van der Waals surface area contributed by atoms with Gasteiger partial charge in [-0.25, -0.2) is 4.99 Å². The first-order chi connectivity index (χ1) is 28.5. The minimum absolute atomic E-state index is 0.106. The Morgan fingerprint density at radius 2 is 1.17 bits per heavy atom. The number of rotatable bonds is 4. The molecule has 58 heavy (non-hydrogen) atoms. The van der Waals surface area contributed by atoms with E-state index in [-0.39, 0.29) is 5.84 Å². The number of amidine groups is 2. The lowest BCUT2D eigenvalue weighted by molar-refractivity contribution is 1.18. The maximum Gasteiger partial charge on any atom is 0.154 e. The van der Waals surface area contributed by atoms with Crippen LogP contribution in [0.5, 0.6) is 0 Å². The fourth-order valence-corrected chi connectivity index (χ4v) is 8.23. The molecule has 0 saturated heterocycles. The highest BCUT2D eigenvalue weighted by atomic mass is 15.0. The SMILES string of the molecule is Cc1ccccc1.N=C(N=C(N)c1ccccc1)c1cccc(-n2c3ccc(-c4ccccn4)cc3c3ccc4c(cc5c6ccccc6c6ccccc6n54)c32)c1. The first kappa shape index (κ1) is 34.6. The average molecular weight is 747 g/mol. The Morgan fingerprint density at radius 1 is 0.517 bits per heavy atom. The number of nitrogens with two attached hydrogens (primary N) is 1. The summed E-state index contributed by atoms with van der Waals surface area (Å²) in [7, 11) is 0. The molecule has 0 radical (unpaired) electrons. The van der Waals surface area contributed by atoms with Gasteiger partial charge < -0.3 is 14.7 Å². The van der Waals surface area contributed by atoms with Crippen LogP contribution in [0, 0.1) is 12.3 Å². The van der Waals surface area contributed by atoms with Crippen LogP contribution < -0.4 is 5.73 Å². The van der Waals surface area contributed by atoms with Crippen LogP contribution in [-0.2, 0) is 0 Å². The summed E-state index contributed by atoms with van der Waals surface area (Å²) < 4.78 is 4.74. The van der Waals surface area contributed by atoms with Crippen molar-refractivity contribution < 1.29 is 0 Å². The van der Waals surface area contributed by atoms with Crippen molar-refractivity contribution in [1.82, 2.24) is 14.0 Å². The molecule has 4 heterocycles. The first-order valence-corrected chi connectivity index (χ1v) is 19.4. The van der Waals surface area contributed by atoms with Crippen molar-refractivity contribution in [2.24, 2.45) is 10.7 Å². The molecule has 276 valence electrons. The van der Waals surface area contributed by atoms with Gasteiger partial charge in [-0.3, -0.25) is 10.4 Å². The smallest absolute Gasteiger partial charge is 0.154 e. The third kappa shape index (κ3) is 5.95. The summed E-state index contributed by atoms with van der Waals surface area (Å²) in [6.45, 7) is 2.08. The Labute approximate surface area is 335 Å². The van der Waals surface area contributed by atoms with Gasteiger partial charge in [-0.1, -0.05) is 139 Å². The molecular weight excluding hydrogens is 709 g/mol. The van der Waals surface area contributed by atoms with E-state index < -0.39 is 0 Å². The molecule has 0 unspecified atom stereocenters. The fourth-order valence-electron chi connectivity index (χ4n) is 8.23. The normalized spacial score (nSPS) is 11.8. The number of hydrogen-bond donors (Lipinski definition) is 2. The Balaban J connectivity index is 0.000000530. The highest BCUT2D eigenvalue weighted by Crippen LogP contribution is 2.41. The molecule has 0 fully saturated rings. The topological polar surface area (TPSA) is 84.5 Å². The van der Waals surface area contributed by atoms with Crippen molar-refractivity contribution in [3.8, 4) is 16.9 Å². The van der Waals surface area contributed by atoms with Crippen LogP contribution in [-0.4, -0.2) is 25.6 Å². The lowest BCUT2D eigenvalue weighted by atomic mass is 10.1. The van der Waals surface area contributed by atoms with Crippen molar-refractivity contribution in [2.45, 2.75) is 6.92 Å². The molecule has 7 aromatic carbocycles. The van der Waals surface area contributed by atoms with E-state index in [1.54, 1.807) is 0 Å². The summed E-state index contributed by atoms with van der Waals surface area (Å²) >= 11 is 0. The maximum atomic E-state index is 8.95. The standard InChI is InChI=1S/C45H30N6.C7H8/c46-44(28-11-2-1-3-12-28)49-45(47)30-13-10-14-31(25-30)50-40-22-20-29(38-18-8-9-24-48-38)26-36(40)35-21-23-41-37(43(35)50)27-42-34-17-5-4-15-32(34)33-16-6-7-19-39(33)51(41)42;1-7-5-3-2-4-6-7/h1-27H,(H3,46,47,49);2-6H,1H3. The molecule has 6 nitrogen and oxygen atoms in total. The molecule has 3 N–H and O–H groups in total. The zero-order chi connectivity index (χ0) is 39.2. The van der Waals surface area contributed by atoms with Gasteiger partial charge in [0.05, 0.1) is 33.3 Å². The second-order valence-electron chi connectivity index (χ2n) is 14.5. The number of aryl methyl sites for hydroxylation is 1. The van der Waals surface area contributed by atoms with E-state index in [9.17, 15) is 0 Å². The quantitative estimate of drug-likeness (QED) is 0.107. The second kappa shape index (κ2) is 14.3. The summed E-state index contributed by atoms with van der Waals surface area (Å²) in [4.78, 5) is 9.16. The summed E-state index contributed by atoms with van der Waals surface area (Å²) in [5.41, 5.74) is 17.7. The van der Waals surface area contributed by atoms with E-state index in [1.165, 1.54) is 32.8 Å². The molecule has 6 heteroatoms. The molecular formula is C52H38N6. The van der Waals surface area contributed by atoms with E-state index in [0.29, 0.717) is 11.4 Å². The number of nitrogens with zero attached hydrogens (tertiary/aromatic N) is 4. The fraction of sp³-hybridized carbons (Fsp3) is 0.0192. The van der Waals surface area contributed by atoms with Crippen LogP contribution in [0.15, 0.2) is 199 Å². The summed E-state index contributed by atoms with van der Waals surface area (Å²) in [6.07, 6.45) is 1.83. The largest absolute Gasteiger partial charge is 0.383 e. The number of nitrogens with one attached hydrogen (secondary N) is 1. The van der Waals surface area contributed by atoms with Crippen LogP contribution in [0.3, 0.4) is 0 Å². The number of hydrogen-bond acceptors (Lipinski definition) is 2. The summed E-state index contributed by atoms with van der Waals surface area (Å²) in [5, 5.41) is 16.1. The lowest BCUT2D eigenvalue weighted by Crippen LogP contribution is -2.15. The maximum absolute atomic E-state index is 8.95. The number of aliphatic imine (C=N–C) groups is 1. The lowest BCUT2D eigenvalue weighted by Gasteiger charge is -2.11. The van der Waals surface area contributed by atoms with Crippen molar-refractivity contribution in [2.75, 3.05) is 0 Å². The third-order valence-corrected chi connectivity index (χ3v) is 10.9. The Hall–Kier alpha value is -7.83. The molecule has 0 bridgehead atoms. The zero-order valence-corrected chi connectivity index (χ0v) is 31.8. The number of pyridine rings is 2. The van der Waals surface area contributed by atoms with E-state index in [1.807, 2.05) is 91.1 Å². The molecule has 0 saturated carbocycles. The van der Waals surface area contributed by atoms with Gasteiger partial charge in [0.2, 0.25) is 0 Å². The molecule has 4 aromatic heterocycles. The van der Waals surface area contributed by atoms with Gasteiger partial charge in [0.15, 0.2) is 5.84 Å². The number of para-hydroxylation sites is 1. The molecule has 0 spiro atoms. The molecule has 11 rings (SSSR count). The number of benzene rings is 7. The summed E-state index contributed by atoms with van der Waals surface area (Å²) in [5.74, 6) is 0.417. The second-order valence-corrected chi connectivity index (χ2v) is 14.5. The van der Waals surface area contributed by atoms with Crippen molar-refractivity contribution in [1.29, 1.82) is 5.41 Å². The minimum Gasteiger partial charge on any atom is -0.383 e. The van der Waals surface area contributed by atoms with E-state index in [4.69, 9.17) is 11.1 Å². The van der Waals surface area contributed by atoms with Crippen LogP contribution in [0.1, 0.15) is 16.7 Å². The Morgan fingerprint density at radius 3 is 1.91 bits per heavy atom. The van der Waals surface area contributed by atoms with Gasteiger partial charge in [0.25, 0.3) is 0 Å². The van der Waals surface area contributed by atoms with Crippen molar-refractivity contribution in [3.05, 3.63) is 211 Å². The van der Waals surface area contributed by atoms with Gasteiger partial charge >= 0.3 is 0 Å². The van der Waals surface area contributed by atoms with Crippen LogP contribution >= 0.6 is 0 Å². The molecule has 0 aliphatic rings. The monoisotopic (exact) mass is 746 g/mol. The highest BCUT2D eigenvalue weighted by molar-refractivity contribution is 6.23. The van der Waals surface area contributed by atoms with Crippen LogP contribution in [0.2, 0.25) is 0 Å². The highest BCUT2D eigenvalue weighted by Gasteiger charge is 2.20. The van der Waals surface area contributed by atoms with Gasteiger partial charge in [-0.2, -0.15) is 0 Å². The van der Waals surface area contributed by atoms with Crippen LogP contribution in [0.25, 0.3) is 76.8 Å². The molecule has 0 amide bonds.